The second-order valence-electron chi connectivity index (χ2n) is 4.84. The highest BCUT2D eigenvalue weighted by molar-refractivity contribution is 5.48. The first-order valence-corrected chi connectivity index (χ1v) is 6.74. The number of hydrogen-bond acceptors (Lipinski definition) is 4. The van der Waals surface area contributed by atoms with Gasteiger partial charge in [-0.05, 0) is 30.9 Å². The van der Waals surface area contributed by atoms with Crippen LogP contribution in [0.3, 0.4) is 0 Å². The molecule has 4 nitrogen and oxygen atoms in total. The van der Waals surface area contributed by atoms with Crippen molar-refractivity contribution in [3.8, 4) is 0 Å². The maximum atomic E-state index is 4.29. The number of rotatable bonds is 4. The van der Waals surface area contributed by atoms with Crippen LogP contribution >= 0.6 is 0 Å². The monoisotopic (exact) mass is 254 g/mol. The summed E-state index contributed by atoms with van der Waals surface area (Å²) in [6.07, 6.45) is 3.73. The van der Waals surface area contributed by atoms with E-state index in [9.17, 15) is 0 Å². The van der Waals surface area contributed by atoms with Crippen LogP contribution < -0.4 is 10.6 Å². The fraction of sp³-hybridized carbons (Fsp3) is 0.333. The number of fused-ring (bicyclic) bond motifs is 1. The number of hydrogen-bond donors (Lipinski definition) is 2. The summed E-state index contributed by atoms with van der Waals surface area (Å²) in [4.78, 5) is 8.47. The zero-order chi connectivity index (χ0) is 13.1. The second-order valence-corrected chi connectivity index (χ2v) is 4.84. The Labute approximate surface area is 113 Å². The van der Waals surface area contributed by atoms with Crippen molar-refractivity contribution in [1.82, 2.24) is 9.97 Å². The van der Waals surface area contributed by atoms with E-state index in [1.165, 1.54) is 11.1 Å². The smallest absolute Gasteiger partial charge is 0.131 e. The molecule has 0 saturated heterocycles. The quantitative estimate of drug-likeness (QED) is 0.880. The van der Waals surface area contributed by atoms with Gasteiger partial charge in [-0.3, -0.25) is 0 Å². The van der Waals surface area contributed by atoms with Gasteiger partial charge >= 0.3 is 0 Å². The first kappa shape index (κ1) is 12.0. The molecule has 0 saturated carbocycles. The van der Waals surface area contributed by atoms with Gasteiger partial charge in [0.2, 0.25) is 0 Å². The summed E-state index contributed by atoms with van der Waals surface area (Å²) >= 11 is 0. The normalized spacial score (nSPS) is 14.2. The molecule has 98 valence electrons. The fourth-order valence-corrected chi connectivity index (χ4v) is 2.58. The molecular weight excluding hydrogens is 236 g/mol. The summed E-state index contributed by atoms with van der Waals surface area (Å²) < 4.78 is 0. The number of anilines is 2. The Morgan fingerprint density at radius 2 is 1.79 bits per heavy atom. The Kier molecular flexibility index (Phi) is 3.31. The molecule has 0 spiro atoms. The van der Waals surface area contributed by atoms with Crippen LogP contribution in [0.15, 0.2) is 36.7 Å². The lowest BCUT2D eigenvalue weighted by Gasteiger charge is -2.13. The molecule has 0 unspecified atom stereocenters. The molecule has 0 radical (unpaired) electrons. The van der Waals surface area contributed by atoms with E-state index in [1.54, 1.807) is 6.33 Å². The van der Waals surface area contributed by atoms with Gasteiger partial charge in [-0.2, -0.15) is 0 Å². The molecule has 1 aromatic heterocycles. The Morgan fingerprint density at radius 1 is 1.11 bits per heavy atom. The van der Waals surface area contributed by atoms with Crippen LogP contribution in [0.2, 0.25) is 0 Å². The second kappa shape index (κ2) is 5.26. The van der Waals surface area contributed by atoms with Gasteiger partial charge in [0.1, 0.15) is 18.0 Å². The van der Waals surface area contributed by atoms with Crippen molar-refractivity contribution in [3.63, 3.8) is 0 Å². The van der Waals surface area contributed by atoms with Crippen LogP contribution in [0.1, 0.15) is 18.1 Å². The third-order valence-electron chi connectivity index (χ3n) is 3.43. The highest BCUT2D eigenvalue weighted by atomic mass is 15.1. The predicted octanol–water partition coefficient (Wildman–Crippen LogP) is 2.49. The third-order valence-corrected chi connectivity index (χ3v) is 3.43. The van der Waals surface area contributed by atoms with Gasteiger partial charge in [0.05, 0.1) is 0 Å². The van der Waals surface area contributed by atoms with Gasteiger partial charge in [-0.15, -0.1) is 0 Å². The van der Waals surface area contributed by atoms with Crippen molar-refractivity contribution in [2.45, 2.75) is 25.8 Å². The van der Waals surface area contributed by atoms with Crippen LogP contribution in [0.4, 0.5) is 11.6 Å². The summed E-state index contributed by atoms with van der Waals surface area (Å²) in [6.45, 7) is 2.92. The lowest BCUT2D eigenvalue weighted by molar-refractivity contribution is 0.768. The van der Waals surface area contributed by atoms with Gasteiger partial charge < -0.3 is 10.6 Å². The van der Waals surface area contributed by atoms with E-state index in [0.717, 1.165) is 31.0 Å². The van der Waals surface area contributed by atoms with E-state index in [1.807, 2.05) is 6.07 Å². The topological polar surface area (TPSA) is 49.8 Å². The Balaban J connectivity index is 1.69. The number of nitrogens with zero attached hydrogens (tertiary/aromatic N) is 2. The molecule has 3 rings (SSSR count). The minimum Gasteiger partial charge on any atom is -0.370 e. The van der Waals surface area contributed by atoms with Crippen molar-refractivity contribution in [2.75, 3.05) is 17.2 Å². The van der Waals surface area contributed by atoms with Crippen LogP contribution in [0.5, 0.6) is 0 Å². The molecule has 1 heterocycles. The van der Waals surface area contributed by atoms with E-state index in [2.05, 4.69) is 51.8 Å². The summed E-state index contributed by atoms with van der Waals surface area (Å²) in [5, 5.41) is 6.69. The van der Waals surface area contributed by atoms with Gasteiger partial charge in [-0.25, -0.2) is 9.97 Å². The minimum absolute atomic E-state index is 0.432. The Morgan fingerprint density at radius 3 is 2.47 bits per heavy atom. The molecule has 0 atom stereocenters. The molecule has 0 amide bonds. The largest absolute Gasteiger partial charge is 0.370 e. The molecule has 19 heavy (non-hydrogen) atoms. The van der Waals surface area contributed by atoms with E-state index in [-0.39, 0.29) is 0 Å². The average Bonchev–Trinajstić information content (AvgIpc) is 2.81. The molecule has 4 heteroatoms. The van der Waals surface area contributed by atoms with Gasteiger partial charge in [-0.1, -0.05) is 24.3 Å². The SMILES string of the molecule is CCNc1cc(NC2Cc3ccccc3C2)ncn1. The van der Waals surface area contributed by atoms with Gasteiger partial charge in [0.15, 0.2) is 0 Å². The number of benzene rings is 1. The zero-order valence-electron chi connectivity index (χ0n) is 11.1. The fourth-order valence-electron chi connectivity index (χ4n) is 2.58. The van der Waals surface area contributed by atoms with E-state index in [4.69, 9.17) is 0 Å². The van der Waals surface area contributed by atoms with Crippen molar-refractivity contribution in [2.24, 2.45) is 0 Å². The molecule has 1 aliphatic carbocycles. The van der Waals surface area contributed by atoms with Crippen LogP contribution in [0.25, 0.3) is 0 Å². The highest BCUT2D eigenvalue weighted by Crippen LogP contribution is 2.24. The molecule has 2 N–H and O–H groups in total. The zero-order valence-corrected chi connectivity index (χ0v) is 11.1. The minimum atomic E-state index is 0.432. The molecule has 1 aromatic carbocycles. The van der Waals surface area contributed by atoms with Crippen molar-refractivity contribution < 1.29 is 0 Å². The number of aromatic nitrogens is 2. The van der Waals surface area contributed by atoms with Crippen LogP contribution in [-0.2, 0) is 12.8 Å². The van der Waals surface area contributed by atoms with E-state index < -0.39 is 0 Å². The highest BCUT2D eigenvalue weighted by Gasteiger charge is 2.20. The Hall–Kier alpha value is -2.10. The molecule has 0 aliphatic heterocycles. The summed E-state index contributed by atoms with van der Waals surface area (Å²) in [7, 11) is 0. The van der Waals surface area contributed by atoms with Crippen LogP contribution in [-0.4, -0.2) is 22.6 Å². The van der Waals surface area contributed by atoms with Crippen molar-refractivity contribution in [1.29, 1.82) is 0 Å². The summed E-state index contributed by atoms with van der Waals surface area (Å²) in [5.74, 6) is 1.76. The molecule has 0 fully saturated rings. The third kappa shape index (κ3) is 2.67. The first-order valence-electron chi connectivity index (χ1n) is 6.74. The Bertz CT molecular complexity index is 543. The maximum absolute atomic E-state index is 4.29. The lowest BCUT2D eigenvalue weighted by atomic mass is 10.1. The first-order chi connectivity index (χ1) is 9.35. The van der Waals surface area contributed by atoms with Gasteiger partial charge in [0, 0.05) is 18.7 Å². The summed E-state index contributed by atoms with van der Waals surface area (Å²) in [6, 6.07) is 11.0. The standard InChI is InChI=1S/C15H18N4/c1-2-16-14-9-15(18-10-17-14)19-13-7-11-5-3-4-6-12(11)8-13/h3-6,9-10,13H,2,7-8H2,1H3,(H2,16,17,18,19). The number of nitrogens with one attached hydrogen (secondary N) is 2. The maximum Gasteiger partial charge on any atom is 0.131 e. The lowest BCUT2D eigenvalue weighted by Crippen LogP contribution is -2.20. The van der Waals surface area contributed by atoms with E-state index in [0.29, 0.717) is 6.04 Å². The van der Waals surface area contributed by atoms with Crippen LogP contribution in [0, 0.1) is 0 Å². The van der Waals surface area contributed by atoms with Crippen molar-refractivity contribution >= 4 is 11.6 Å². The van der Waals surface area contributed by atoms with Crippen molar-refractivity contribution in [3.05, 3.63) is 47.8 Å². The van der Waals surface area contributed by atoms with Gasteiger partial charge in [0.25, 0.3) is 0 Å². The predicted molar refractivity (Wildman–Crippen MR) is 77.5 cm³/mol. The average molecular weight is 254 g/mol. The molecular formula is C15H18N4. The summed E-state index contributed by atoms with van der Waals surface area (Å²) in [5.41, 5.74) is 2.89. The van der Waals surface area contributed by atoms with E-state index >= 15 is 0 Å². The molecule has 1 aliphatic rings. The molecule has 0 bridgehead atoms. The molecule has 2 aromatic rings.